The van der Waals surface area contributed by atoms with Crippen molar-refractivity contribution >= 4 is 5.91 Å². The summed E-state index contributed by atoms with van der Waals surface area (Å²) in [4.78, 5) is 14.1. The number of nitrogens with zero attached hydrogens (tertiary/aromatic N) is 1. The normalized spacial score (nSPS) is 18.8. The third-order valence-electron chi connectivity index (χ3n) is 3.61. The second-order valence-electron chi connectivity index (χ2n) is 5.25. The Morgan fingerprint density at radius 2 is 2.14 bits per heavy atom. The van der Waals surface area contributed by atoms with Crippen LogP contribution in [0.1, 0.15) is 17.5 Å². The minimum absolute atomic E-state index is 0.147. The Bertz CT molecular complexity index is 653. The fraction of sp³-hybridized carbons (Fsp3) is 0.312. The Balaban J connectivity index is 1.82. The van der Waals surface area contributed by atoms with E-state index in [1.165, 1.54) is 6.07 Å². The average Bonchev–Trinajstić information content (AvgIpc) is 2.96. The maximum Gasteiger partial charge on any atom is 0.289 e. The summed E-state index contributed by atoms with van der Waals surface area (Å²) in [6.45, 7) is 4.10. The van der Waals surface area contributed by atoms with E-state index in [4.69, 9.17) is 4.42 Å². The zero-order valence-corrected chi connectivity index (χ0v) is 11.8. The fourth-order valence-corrected chi connectivity index (χ4v) is 2.53. The highest BCUT2D eigenvalue weighted by molar-refractivity contribution is 5.92. The maximum absolute atomic E-state index is 13.7. The lowest BCUT2D eigenvalue weighted by molar-refractivity contribution is 0.0678. The standard InChI is InChI=1S/C16H17FN2O2/c1-11-10-19(9-8-18-11)16(20)15-7-6-14(21-15)12-4-2-3-5-13(12)17/h2-7,11,18H,8-10H2,1H3/t11-/m1/s1. The third kappa shape index (κ3) is 2.83. The predicted molar refractivity (Wildman–Crippen MR) is 77.5 cm³/mol. The van der Waals surface area contributed by atoms with Gasteiger partial charge in [-0.25, -0.2) is 4.39 Å². The molecule has 2 aromatic rings. The van der Waals surface area contributed by atoms with Crippen LogP contribution in [0.15, 0.2) is 40.8 Å². The molecule has 0 saturated carbocycles. The Labute approximate surface area is 122 Å². The Morgan fingerprint density at radius 3 is 2.90 bits per heavy atom. The monoisotopic (exact) mass is 288 g/mol. The summed E-state index contributed by atoms with van der Waals surface area (Å²) in [5.74, 6) is 0.120. The molecule has 1 atom stereocenters. The van der Waals surface area contributed by atoms with E-state index in [0.717, 1.165) is 6.54 Å². The molecule has 0 unspecified atom stereocenters. The van der Waals surface area contributed by atoms with Gasteiger partial charge in [0.25, 0.3) is 5.91 Å². The molecule has 1 aliphatic rings. The zero-order valence-electron chi connectivity index (χ0n) is 11.8. The summed E-state index contributed by atoms with van der Waals surface area (Å²) >= 11 is 0. The van der Waals surface area contributed by atoms with E-state index in [2.05, 4.69) is 5.32 Å². The maximum atomic E-state index is 13.7. The zero-order chi connectivity index (χ0) is 14.8. The molecule has 4 nitrogen and oxygen atoms in total. The van der Waals surface area contributed by atoms with Crippen LogP contribution >= 0.6 is 0 Å². The van der Waals surface area contributed by atoms with Crippen molar-refractivity contribution in [2.45, 2.75) is 13.0 Å². The van der Waals surface area contributed by atoms with Gasteiger partial charge in [-0.15, -0.1) is 0 Å². The van der Waals surface area contributed by atoms with Gasteiger partial charge in [0.15, 0.2) is 5.76 Å². The molecule has 0 radical (unpaired) electrons. The second-order valence-corrected chi connectivity index (χ2v) is 5.25. The molecule has 21 heavy (non-hydrogen) atoms. The van der Waals surface area contributed by atoms with E-state index < -0.39 is 0 Å². The molecule has 1 amide bonds. The number of benzene rings is 1. The minimum Gasteiger partial charge on any atom is -0.451 e. The minimum atomic E-state index is -0.360. The van der Waals surface area contributed by atoms with Crippen LogP contribution in [0.4, 0.5) is 4.39 Å². The second kappa shape index (κ2) is 5.69. The Hall–Kier alpha value is -2.14. The van der Waals surface area contributed by atoms with E-state index in [-0.39, 0.29) is 23.5 Å². The van der Waals surface area contributed by atoms with Gasteiger partial charge in [-0.1, -0.05) is 12.1 Å². The molecular weight excluding hydrogens is 271 g/mol. The highest BCUT2D eigenvalue weighted by atomic mass is 19.1. The molecule has 1 saturated heterocycles. The van der Waals surface area contributed by atoms with Crippen LogP contribution in [-0.2, 0) is 0 Å². The number of rotatable bonds is 2. The van der Waals surface area contributed by atoms with E-state index in [1.54, 1.807) is 35.2 Å². The molecule has 2 heterocycles. The van der Waals surface area contributed by atoms with Crippen LogP contribution in [0.3, 0.4) is 0 Å². The van der Waals surface area contributed by atoms with Crippen molar-refractivity contribution < 1.29 is 13.6 Å². The van der Waals surface area contributed by atoms with Crippen molar-refractivity contribution in [1.82, 2.24) is 10.2 Å². The number of hydrogen-bond donors (Lipinski definition) is 1. The molecule has 0 aliphatic carbocycles. The summed E-state index contributed by atoms with van der Waals surface area (Å²) in [6.07, 6.45) is 0. The number of carbonyl (C=O) groups is 1. The first kappa shape index (κ1) is 13.8. The molecule has 1 N–H and O–H groups in total. The summed E-state index contributed by atoms with van der Waals surface area (Å²) in [7, 11) is 0. The number of halogens is 1. The van der Waals surface area contributed by atoms with Crippen LogP contribution in [-0.4, -0.2) is 36.5 Å². The lowest BCUT2D eigenvalue weighted by atomic mass is 10.1. The quantitative estimate of drug-likeness (QED) is 0.923. The largest absolute Gasteiger partial charge is 0.451 e. The molecule has 3 rings (SSSR count). The van der Waals surface area contributed by atoms with Gasteiger partial charge in [-0.05, 0) is 31.2 Å². The summed E-state index contributed by atoms with van der Waals surface area (Å²) < 4.78 is 19.3. The van der Waals surface area contributed by atoms with Crippen LogP contribution < -0.4 is 5.32 Å². The Kier molecular flexibility index (Phi) is 3.75. The van der Waals surface area contributed by atoms with Gasteiger partial charge in [0.2, 0.25) is 0 Å². The molecule has 0 spiro atoms. The van der Waals surface area contributed by atoms with Gasteiger partial charge in [0.05, 0.1) is 5.56 Å². The first-order chi connectivity index (χ1) is 10.1. The number of piperazine rings is 1. The summed E-state index contributed by atoms with van der Waals surface area (Å²) in [5, 5.41) is 3.28. The third-order valence-corrected chi connectivity index (χ3v) is 3.61. The van der Waals surface area contributed by atoms with Crippen LogP contribution in [0.5, 0.6) is 0 Å². The van der Waals surface area contributed by atoms with Crippen LogP contribution in [0.2, 0.25) is 0 Å². The van der Waals surface area contributed by atoms with E-state index >= 15 is 0 Å². The van der Waals surface area contributed by atoms with E-state index in [9.17, 15) is 9.18 Å². The lowest BCUT2D eigenvalue weighted by Crippen LogP contribution is -2.51. The summed E-state index contributed by atoms with van der Waals surface area (Å²) in [5.41, 5.74) is 0.366. The molecule has 110 valence electrons. The number of furan rings is 1. The van der Waals surface area contributed by atoms with Crippen molar-refractivity contribution in [3.63, 3.8) is 0 Å². The van der Waals surface area contributed by atoms with E-state index in [1.807, 2.05) is 6.92 Å². The van der Waals surface area contributed by atoms with Crippen molar-refractivity contribution in [2.24, 2.45) is 0 Å². The van der Waals surface area contributed by atoms with Gasteiger partial charge in [0.1, 0.15) is 11.6 Å². The number of carbonyl (C=O) groups excluding carboxylic acids is 1. The fourth-order valence-electron chi connectivity index (χ4n) is 2.53. The molecule has 1 aromatic heterocycles. The lowest BCUT2D eigenvalue weighted by Gasteiger charge is -2.31. The Morgan fingerprint density at radius 1 is 1.33 bits per heavy atom. The van der Waals surface area contributed by atoms with Crippen LogP contribution in [0.25, 0.3) is 11.3 Å². The highest BCUT2D eigenvalue weighted by Gasteiger charge is 2.24. The average molecular weight is 288 g/mol. The van der Waals surface area contributed by atoms with E-state index in [0.29, 0.717) is 24.4 Å². The molecule has 1 fully saturated rings. The molecule has 0 bridgehead atoms. The van der Waals surface area contributed by atoms with Crippen molar-refractivity contribution in [3.8, 4) is 11.3 Å². The van der Waals surface area contributed by atoms with Gasteiger partial charge in [0, 0.05) is 25.7 Å². The van der Waals surface area contributed by atoms with Crippen LogP contribution in [0, 0.1) is 5.82 Å². The first-order valence-electron chi connectivity index (χ1n) is 7.02. The van der Waals surface area contributed by atoms with Crippen molar-refractivity contribution in [2.75, 3.05) is 19.6 Å². The molecule has 5 heteroatoms. The van der Waals surface area contributed by atoms with Gasteiger partial charge in [-0.2, -0.15) is 0 Å². The predicted octanol–water partition coefficient (Wildman–Crippen LogP) is 2.52. The molecule has 1 aliphatic heterocycles. The molecule has 1 aromatic carbocycles. The number of nitrogens with one attached hydrogen (secondary N) is 1. The van der Waals surface area contributed by atoms with Gasteiger partial charge < -0.3 is 14.6 Å². The molecular formula is C16H17FN2O2. The first-order valence-corrected chi connectivity index (χ1v) is 7.02. The number of amides is 1. The highest BCUT2D eigenvalue weighted by Crippen LogP contribution is 2.25. The smallest absolute Gasteiger partial charge is 0.289 e. The summed E-state index contributed by atoms with van der Waals surface area (Å²) in [6, 6.07) is 9.88. The van der Waals surface area contributed by atoms with Crippen molar-refractivity contribution in [3.05, 3.63) is 48.0 Å². The number of hydrogen-bond acceptors (Lipinski definition) is 3. The topological polar surface area (TPSA) is 45.5 Å². The SMILES string of the molecule is C[C@@H]1CN(C(=O)c2ccc(-c3ccccc3F)o2)CCN1. The van der Waals surface area contributed by atoms with Crippen molar-refractivity contribution in [1.29, 1.82) is 0 Å². The van der Waals surface area contributed by atoms with Gasteiger partial charge >= 0.3 is 0 Å². The van der Waals surface area contributed by atoms with Gasteiger partial charge in [-0.3, -0.25) is 4.79 Å².